The smallest absolute Gasteiger partial charge is 0.192 e. The summed E-state index contributed by atoms with van der Waals surface area (Å²) in [6.07, 6.45) is 3.97. The Morgan fingerprint density at radius 1 is 1.27 bits per heavy atom. The van der Waals surface area contributed by atoms with Gasteiger partial charge in [-0.1, -0.05) is 42.4 Å². The van der Waals surface area contributed by atoms with Crippen molar-refractivity contribution in [2.45, 2.75) is 39.8 Å². The number of hydrogen-bond acceptors (Lipinski definition) is 7. The van der Waals surface area contributed by atoms with E-state index in [1.165, 1.54) is 16.9 Å². The monoisotopic (exact) mass is 420 g/mol. The summed E-state index contributed by atoms with van der Waals surface area (Å²) in [5, 5.41) is 9.91. The van der Waals surface area contributed by atoms with E-state index in [1.54, 1.807) is 22.2 Å². The number of hydrogen-bond donors (Lipinski definition) is 0. The second kappa shape index (κ2) is 8.12. The maximum atomic E-state index is 5.54. The number of oxime groups is 1. The van der Waals surface area contributed by atoms with Crippen LogP contribution in [0, 0.1) is 0 Å². The summed E-state index contributed by atoms with van der Waals surface area (Å²) >= 11 is 1.79. The molecule has 0 unspecified atom stereocenters. The van der Waals surface area contributed by atoms with Crippen molar-refractivity contribution in [1.29, 1.82) is 0 Å². The lowest BCUT2D eigenvalue weighted by molar-refractivity contribution is 0.125. The number of benzene rings is 1. The van der Waals surface area contributed by atoms with Gasteiger partial charge < -0.3 is 4.84 Å². The molecule has 0 radical (unpaired) electrons. The Kier molecular flexibility index (Phi) is 5.18. The lowest BCUT2D eigenvalue weighted by Gasteiger charge is -2.26. The van der Waals surface area contributed by atoms with Gasteiger partial charge in [-0.3, -0.25) is 4.90 Å². The number of nitrogens with zero attached hydrogens (tertiary/aromatic N) is 6. The van der Waals surface area contributed by atoms with Gasteiger partial charge in [-0.2, -0.15) is 0 Å². The Balaban J connectivity index is 1.40. The van der Waals surface area contributed by atoms with Crippen molar-refractivity contribution in [2.24, 2.45) is 5.16 Å². The molecule has 1 aliphatic rings. The van der Waals surface area contributed by atoms with E-state index < -0.39 is 0 Å². The number of fused-ring (bicyclic) bond motifs is 5. The molecular weight excluding hydrogens is 396 g/mol. The lowest BCUT2D eigenvalue weighted by atomic mass is 10.1. The summed E-state index contributed by atoms with van der Waals surface area (Å²) in [6, 6.07) is 9.97. The predicted octanol–water partition coefficient (Wildman–Crippen LogP) is 4.05. The normalized spacial score (nSPS) is 15.1. The van der Waals surface area contributed by atoms with Crippen molar-refractivity contribution in [3.05, 3.63) is 58.5 Å². The first-order chi connectivity index (χ1) is 14.7. The van der Waals surface area contributed by atoms with Gasteiger partial charge in [-0.05, 0) is 37.4 Å². The van der Waals surface area contributed by atoms with E-state index in [0.717, 1.165) is 53.2 Å². The van der Waals surface area contributed by atoms with E-state index >= 15 is 0 Å². The second-order valence-electron chi connectivity index (χ2n) is 7.57. The SMILES string of the molecule is CCCN1CCc2c(sc3ncn4nc(CO/N=C(\C)c5ccccc5)nc4c23)C1. The molecule has 0 bridgehead atoms. The number of thiophene rings is 1. The zero-order chi connectivity index (χ0) is 20.5. The van der Waals surface area contributed by atoms with Crippen LogP contribution in [-0.2, 0) is 24.4 Å². The maximum Gasteiger partial charge on any atom is 0.192 e. The van der Waals surface area contributed by atoms with Gasteiger partial charge in [0.1, 0.15) is 11.2 Å². The molecule has 1 aliphatic heterocycles. The van der Waals surface area contributed by atoms with Gasteiger partial charge in [0.2, 0.25) is 0 Å². The molecule has 0 N–H and O–H groups in total. The summed E-state index contributed by atoms with van der Waals surface area (Å²) in [5.41, 5.74) is 4.11. The van der Waals surface area contributed by atoms with Crippen molar-refractivity contribution in [3.8, 4) is 0 Å². The molecule has 0 saturated heterocycles. The molecule has 154 valence electrons. The summed E-state index contributed by atoms with van der Waals surface area (Å²) in [4.78, 5) is 19.9. The minimum atomic E-state index is 0.226. The highest BCUT2D eigenvalue weighted by Gasteiger charge is 2.23. The van der Waals surface area contributed by atoms with Crippen LogP contribution in [0.15, 0.2) is 41.8 Å². The van der Waals surface area contributed by atoms with E-state index in [2.05, 4.69) is 27.1 Å². The average molecular weight is 421 g/mol. The third kappa shape index (κ3) is 3.57. The van der Waals surface area contributed by atoms with Crippen LogP contribution in [0.2, 0.25) is 0 Å². The fraction of sp³-hybridized carbons (Fsp3) is 0.364. The van der Waals surface area contributed by atoms with Gasteiger partial charge in [0, 0.05) is 18.0 Å². The molecule has 8 heteroatoms. The fourth-order valence-electron chi connectivity index (χ4n) is 3.98. The van der Waals surface area contributed by atoms with E-state index in [4.69, 9.17) is 9.82 Å². The number of aromatic nitrogens is 4. The van der Waals surface area contributed by atoms with Crippen molar-refractivity contribution in [1.82, 2.24) is 24.5 Å². The van der Waals surface area contributed by atoms with Crippen LogP contribution >= 0.6 is 11.3 Å². The van der Waals surface area contributed by atoms with Crippen molar-refractivity contribution in [3.63, 3.8) is 0 Å². The molecule has 4 aromatic rings. The van der Waals surface area contributed by atoms with Crippen LogP contribution in [-0.4, -0.2) is 43.3 Å². The third-order valence-corrected chi connectivity index (χ3v) is 6.55. The molecule has 30 heavy (non-hydrogen) atoms. The first kappa shape index (κ1) is 19.1. The van der Waals surface area contributed by atoms with Crippen LogP contribution in [0.3, 0.4) is 0 Å². The van der Waals surface area contributed by atoms with Crippen molar-refractivity contribution < 1.29 is 4.84 Å². The number of rotatable bonds is 6. The van der Waals surface area contributed by atoms with Crippen LogP contribution in [0.25, 0.3) is 15.9 Å². The quantitative estimate of drug-likeness (QED) is 0.348. The Bertz CT molecular complexity index is 1210. The van der Waals surface area contributed by atoms with Crippen LogP contribution < -0.4 is 0 Å². The molecule has 0 atom stereocenters. The highest BCUT2D eigenvalue weighted by atomic mass is 32.1. The molecule has 7 nitrogen and oxygen atoms in total. The minimum absolute atomic E-state index is 0.226. The van der Waals surface area contributed by atoms with Crippen molar-refractivity contribution in [2.75, 3.05) is 13.1 Å². The van der Waals surface area contributed by atoms with Crippen LogP contribution in [0.4, 0.5) is 0 Å². The first-order valence-electron chi connectivity index (χ1n) is 10.3. The predicted molar refractivity (Wildman–Crippen MR) is 119 cm³/mol. The Hall–Kier alpha value is -2.84. The van der Waals surface area contributed by atoms with Gasteiger partial charge in [0.15, 0.2) is 18.1 Å². The molecule has 0 aliphatic carbocycles. The highest BCUT2D eigenvalue weighted by molar-refractivity contribution is 7.19. The van der Waals surface area contributed by atoms with E-state index in [0.29, 0.717) is 5.82 Å². The zero-order valence-electron chi connectivity index (χ0n) is 17.2. The molecule has 0 saturated carbocycles. The molecule has 1 aromatic carbocycles. The van der Waals surface area contributed by atoms with Crippen LogP contribution in [0.5, 0.6) is 0 Å². The van der Waals surface area contributed by atoms with E-state index in [9.17, 15) is 0 Å². The summed E-state index contributed by atoms with van der Waals surface area (Å²) in [6.45, 7) is 7.63. The summed E-state index contributed by atoms with van der Waals surface area (Å²) in [5.74, 6) is 0.609. The van der Waals surface area contributed by atoms with E-state index in [-0.39, 0.29) is 6.61 Å². The van der Waals surface area contributed by atoms with Gasteiger partial charge in [-0.15, -0.1) is 16.4 Å². The molecule has 5 rings (SSSR count). The van der Waals surface area contributed by atoms with Crippen LogP contribution in [0.1, 0.15) is 42.1 Å². The standard InChI is InChI=1S/C22H24N6OS/c1-3-10-27-11-9-17-18(12-27)30-22-20(17)21-24-19(25-28(21)14-23-22)13-29-26-15(2)16-7-5-4-6-8-16/h4-8,14H,3,9-13H2,1-2H3/b26-15+. The zero-order valence-corrected chi connectivity index (χ0v) is 18.0. The third-order valence-electron chi connectivity index (χ3n) is 5.43. The molecule has 0 amide bonds. The largest absolute Gasteiger partial charge is 0.387 e. The van der Waals surface area contributed by atoms with Gasteiger partial charge in [0.05, 0.1) is 11.1 Å². The van der Waals surface area contributed by atoms with Gasteiger partial charge >= 0.3 is 0 Å². The molecule has 3 aromatic heterocycles. The minimum Gasteiger partial charge on any atom is -0.387 e. The maximum absolute atomic E-state index is 5.54. The molecule has 4 heterocycles. The van der Waals surface area contributed by atoms with Gasteiger partial charge in [-0.25, -0.2) is 14.5 Å². The topological polar surface area (TPSA) is 67.9 Å². The van der Waals surface area contributed by atoms with E-state index in [1.807, 2.05) is 37.3 Å². The Labute approximate surface area is 179 Å². The van der Waals surface area contributed by atoms with Gasteiger partial charge in [0.25, 0.3) is 0 Å². The molecular formula is C22H24N6OS. The average Bonchev–Trinajstić information content (AvgIpc) is 3.34. The summed E-state index contributed by atoms with van der Waals surface area (Å²) < 4.78 is 1.76. The Morgan fingerprint density at radius 2 is 2.13 bits per heavy atom. The highest BCUT2D eigenvalue weighted by Crippen LogP contribution is 2.35. The Morgan fingerprint density at radius 3 is 2.97 bits per heavy atom. The fourth-order valence-corrected chi connectivity index (χ4v) is 5.20. The molecule has 0 spiro atoms. The molecule has 0 fully saturated rings. The van der Waals surface area contributed by atoms with Crippen molar-refractivity contribution >= 4 is 32.9 Å². The summed E-state index contributed by atoms with van der Waals surface area (Å²) in [7, 11) is 0. The second-order valence-corrected chi connectivity index (χ2v) is 8.65. The first-order valence-corrected chi connectivity index (χ1v) is 11.1. The lowest BCUT2D eigenvalue weighted by Crippen LogP contribution is -2.30.